The first-order chi connectivity index (χ1) is 19.3. The molecule has 1 N–H and O–H groups in total. The van der Waals surface area contributed by atoms with E-state index in [1.165, 1.54) is 17.4 Å². The molecule has 2 atom stereocenters. The first-order valence-corrected chi connectivity index (χ1v) is 13.5. The van der Waals surface area contributed by atoms with Gasteiger partial charge in [-0.15, -0.1) is 0 Å². The van der Waals surface area contributed by atoms with Gasteiger partial charge in [-0.1, -0.05) is 36.4 Å². The number of nitrogens with one attached hydrogen (secondary N) is 1. The van der Waals surface area contributed by atoms with Crippen molar-refractivity contribution in [1.29, 1.82) is 0 Å². The number of likely N-dealkylation sites (tertiary alicyclic amines) is 1. The topological polar surface area (TPSA) is 97.2 Å². The highest BCUT2D eigenvalue weighted by Crippen LogP contribution is 2.29. The number of Topliss-reactive ketones (excluding diaryl/α,β-unsaturated/α-hetero) is 1. The lowest BCUT2D eigenvalue weighted by Crippen LogP contribution is -2.47. The van der Waals surface area contributed by atoms with Gasteiger partial charge in [-0.3, -0.25) is 14.4 Å². The van der Waals surface area contributed by atoms with E-state index in [0.717, 1.165) is 24.0 Å². The number of aryl methyl sites for hydroxylation is 2. The van der Waals surface area contributed by atoms with Crippen molar-refractivity contribution in [2.24, 2.45) is 0 Å². The van der Waals surface area contributed by atoms with Gasteiger partial charge in [-0.05, 0) is 49.9 Å². The molecule has 0 unspecified atom stereocenters. The minimum absolute atomic E-state index is 0.0244. The molecule has 40 heavy (non-hydrogen) atoms. The Morgan fingerprint density at radius 1 is 1.05 bits per heavy atom. The minimum atomic E-state index is -1.27. The Labute approximate surface area is 232 Å². The predicted octanol–water partition coefficient (Wildman–Crippen LogP) is 4.30. The number of rotatable bonds is 9. The molecule has 4 aromatic rings. The van der Waals surface area contributed by atoms with Crippen molar-refractivity contribution in [3.05, 3.63) is 84.1 Å². The van der Waals surface area contributed by atoms with E-state index in [2.05, 4.69) is 15.3 Å². The van der Waals surface area contributed by atoms with Gasteiger partial charge in [0.2, 0.25) is 11.8 Å². The predicted molar refractivity (Wildman–Crippen MR) is 150 cm³/mol. The molecule has 0 bridgehead atoms. The maximum atomic E-state index is 14.5. The van der Waals surface area contributed by atoms with Crippen molar-refractivity contribution in [2.75, 3.05) is 13.1 Å². The quantitative estimate of drug-likeness (QED) is 0.252. The number of benzene rings is 2. The number of hydrogen-bond acceptors (Lipinski definition) is 5. The van der Waals surface area contributed by atoms with Crippen LogP contribution in [0.25, 0.3) is 22.0 Å². The number of aromatic nitrogens is 3. The van der Waals surface area contributed by atoms with E-state index in [-0.39, 0.29) is 37.1 Å². The summed E-state index contributed by atoms with van der Waals surface area (Å²) in [6, 6.07) is 14.7. The Bertz CT molecular complexity index is 1530. The molecule has 0 spiro atoms. The van der Waals surface area contributed by atoms with Gasteiger partial charge in [-0.2, -0.15) is 0 Å². The fraction of sp³-hybridized carbons (Fsp3) is 0.323. The summed E-state index contributed by atoms with van der Waals surface area (Å²) in [6.07, 6.45) is 5.38. The van der Waals surface area contributed by atoms with Gasteiger partial charge in [0.05, 0.1) is 6.54 Å². The average molecular weight is 542 g/mol. The largest absolute Gasteiger partial charge is 0.354 e. The van der Waals surface area contributed by atoms with Gasteiger partial charge in [0.25, 0.3) is 0 Å². The van der Waals surface area contributed by atoms with Crippen molar-refractivity contribution in [1.82, 2.24) is 24.8 Å². The third-order valence-corrected chi connectivity index (χ3v) is 7.34. The van der Waals surface area contributed by atoms with Crippen LogP contribution < -0.4 is 5.32 Å². The Kier molecular flexibility index (Phi) is 8.00. The molecule has 0 aliphatic carbocycles. The van der Waals surface area contributed by atoms with E-state index in [1.807, 2.05) is 55.5 Å². The van der Waals surface area contributed by atoms with E-state index in [1.54, 1.807) is 23.2 Å². The Morgan fingerprint density at radius 2 is 1.80 bits per heavy atom. The van der Waals surface area contributed by atoms with Crippen molar-refractivity contribution in [2.45, 2.75) is 51.9 Å². The second-order valence-corrected chi connectivity index (χ2v) is 10.3. The molecular formula is C31H32FN5O3. The van der Waals surface area contributed by atoms with Crippen molar-refractivity contribution >= 4 is 28.5 Å². The number of carbonyl (C=O) groups excluding carboxylic acids is 3. The Hall–Kier alpha value is -4.40. The number of ketones is 1. The molecule has 8 nitrogen and oxygen atoms in total. The molecule has 1 saturated heterocycles. The van der Waals surface area contributed by atoms with Crippen molar-refractivity contribution in [3.63, 3.8) is 0 Å². The summed E-state index contributed by atoms with van der Waals surface area (Å²) in [5.74, 6) is -0.178. The van der Waals surface area contributed by atoms with E-state index < -0.39 is 12.2 Å². The highest BCUT2D eigenvalue weighted by molar-refractivity contribution is 6.08. The third kappa shape index (κ3) is 5.93. The zero-order valence-electron chi connectivity index (χ0n) is 22.6. The number of halogens is 1. The number of carbonyl (C=O) groups is 3. The van der Waals surface area contributed by atoms with Crippen LogP contribution in [0, 0.1) is 6.92 Å². The van der Waals surface area contributed by atoms with E-state index in [9.17, 15) is 18.8 Å². The van der Waals surface area contributed by atoms with Gasteiger partial charge in [0.15, 0.2) is 5.78 Å². The van der Waals surface area contributed by atoms with Crippen LogP contribution in [0.2, 0.25) is 0 Å². The molecule has 206 valence electrons. The second-order valence-electron chi connectivity index (χ2n) is 10.3. The molecule has 2 aromatic carbocycles. The average Bonchev–Trinajstić information content (AvgIpc) is 3.52. The van der Waals surface area contributed by atoms with Crippen LogP contribution in [0.4, 0.5) is 4.39 Å². The maximum Gasteiger partial charge on any atom is 0.243 e. The van der Waals surface area contributed by atoms with Crippen molar-refractivity contribution < 1.29 is 18.8 Å². The molecule has 0 saturated carbocycles. The molecule has 2 amide bonds. The minimum Gasteiger partial charge on any atom is -0.354 e. The summed E-state index contributed by atoms with van der Waals surface area (Å²) in [4.78, 5) is 48.6. The lowest BCUT2D eigenvalue weighted by atomic mass is 10.0. The highest BCUT2D eigenvalue weighted by Gasteiger charge is 2.39. The number of amides is 2. The van der Waals surface area contributed by atoms with Crippen LogP contribution in [0.15, 0.2) is 67.1 Å². The van der Waals surface area contributed by atoms with Gasteiger partial charge < -0.3 is 14.8 Å². The summed E-state index contributed by atoms with van der Waals surface area (Å²) in [5, 5.41) is 3.58. The lowest BCUT2D eigenvalue weighted by molar-refractivity contribution is -0.138. The van der Waals surface area contributed by atoms with Crippen LogP contribution >= 0.6 is 0 Å². The van der Waals surface area contributed by atoms with Gasteiger partial charge in [-0.25, -0.2) is 14.4 Å². The number of fused-ring (bicyclic) bond motifs is 1. The SMILES string of the molecule is CC(=O)c1cn(CC(=O)N2C[C@H](F)C[C@H]2C(=O)NCCCc2ccccc2)c2ccc(-c3cnc(C)nc3)cc12. The molecule has 0 radical (unpaired) electrons. The third-order valence-electron chi connectivity index (χ3n) is 7.34. The van der Waals surface area contributed by atoms with Crippen molar-refractivity contribution in [3.8, 4) is 11.1 Å². The smallest absolute Gasteiger partial charge is 0.243 e. The number of hydrogen-bond donors (Lipinski definition) is 1. The molecule has 1 aliphatic heterocycles. The number of nitrogens with zero attached hydrogens (tertiary/aromatic N) is 4. The standard InChI is InChI=1S/C31H32FN5O3/c1-20(38)27-18-36(28-11-10-23(13-26(27)28)24-15-34-21(2)35-16-24)19-30(39)37-17-25(32)14-29(37)31(40)33-12-6-9-22-7-4-3-5-8-22/h3-5,7-8,10-11,13,15-16,18,25,29H,6,9,12,14,17,19H2,1-2H3,(H,33,40)/t25-,29+/m1/s1. The van der Waals surface area contributed by atoms with Crippen LogP contribution in [-0.2, 0) is 22.6 Å². The van der Waals surface area contributed by atoms with E-state index >= 15 is 0 Å². The molecule has 9 heteroatoms. The molecule has 5 rings (SSSR count). The summed E-state index contributed by atoms with van der Waals surface area (Å²) < 4.78 is 16.1. The molecule has 3 heterocycles. The normalized spacial score (nSPS) is 16.8. The van der Waals surface area contributed by atoms with Crippen LogP contribution in [0.1, 0.15) is 41.5 Å². The summed E-state index contributed by atoms with van der Waals surface area (Å²) in [5.41, 5.74) is 4.03. The molecule has 2 aromatic heterocycles. The monoisotopic (exact) mass is 541 g/mol. The van der Waals surface area contributed by atoms with E-state index in [0.29, 0.717) is 28.8 Å². The van der Waals surface area contributed by atoms with Gasteiger partial charge >= 0.3 is 0 Å². The Morgan fingerprint density at radius 3 is 2.52 bits per heavy atom. The molecule has 1 aliphatic rings. The molecular weight excluding hydrogens is 509 g/mol. The number of alkyl halides is 1. The van der Waals surface area contributed by atoms with E-state index in [4.69, 9.17) is 0 Å². The first-order valence-electron chi connectivity index (χ1n) is 13.5. The zero-order chi connectivity index (χ0) is 28.2. The molecule has 1 fully saturated rings. The second kappa shape index (κ2) is 11.8. The fourth-order valence-electron chi connectivity index (χ4n) is 5.24. The summed E-state index contributed by atoms with van der Waals surface area (Å²) in [7, 11) is 0. The first kappa shape index (κ1) is 27.2. The fourth-order valence-corrected chi connectivity index (χ4v) is 5.24. The van der Waals surface area contributed by atoms with Gasteiger partial charge in [0, 0.05) is 53.6 Å². The maximum absolute atomic E-state index is 14.5. The van der Waals surface area contributed by atoms with Crippen LogP contribution in [-0.4, -0.2) is 62.3 Å². The van der Waals surface area contributed by atoms with Gasteiger partial charge in [0.1, 0.15) is 24.6 Å². The summed E-state index contributed by atoms with van der Waals surface area (Å²) in [6.45, 7) is 3.50. The Balaban J connectivity index is 1.30. The summed E-state index contributed by atoms with van der Waals surface area (Å²) >= 11 is 0. The highest BCUT2D eigenvalue weighted by atomic mass is 19.1. The van der Waals surface area contributed by atoms with Crippen LogP contribution in [0.3, 0.4) is 0 Å². The zero-order valence-corrected chi connectivity index (χ0v) is 22.6. The van der Waals surface area contributed by atoms with Crippen LogP contribution in [0.5, 0.6) is 0 Å². The lowest BCUT2D eigenvalue weighted by Gasteiger charge is -2.24.